The van der Waals surface area contributed by atoms with Gasteiger partial charge in [-0.25, -0.2) is 4.79 Å². The van der Waals surface area contributed by atoms with Crippen LogP contribution in [0.25, 0.3) is 11.0 Å². The molecule has 1 aromatic heterocycles. The number of nitrogens with two attached hydrogens (primary N) is 3. The molecule has 1 aliphatic rings. The molecule has 29 heteroatoms. The maximum atomic E-state index is 13.9. The van der Waals surface area contributed by atoms with Gasteiger partial charge in [-0.15, -0.1) is 0 Å². The van der Waals surface area contributed by atoms with E-state index in [-0.39, 0.29) is 74.8 Å². The number of hydrogen-bond acceptors (Lipinski definition) is 17. The number of anilines is 1. The number of rotatable bonds is 28. The van der Waals surface area contributed by atoms with Crippen LogP contribution in [0.1, 0.15) is 78.7 Å². The van der Waals surface area contributed by atoms with Crippen molar-refractivity contribution in [2.45, 2.75) is 122 Å². The van der Waals surface area contributed by atoms with Gasteiger partial charge < -0.3 is 68.5 Å². The fourth-order valence-electron chi connectivity index (χ4n) is 8.18. The van der Waals surface area contributed by atoms with E-state index in [2.05, 4.69) is 42.2 Å². The number of primary amides is 1. The van der Waals surface area contributed by atoms with E-state index in [0.29, 0.717) is 29.2 Å². The van der Waals surface area contributed by atoms with Crippen molar-refractivity contribution in [2.24, 2.45) is 28.1 Å². The average molecular weight is 1080 g/mol. The minimum Gasteiger partial charge on any atom is -0.497 e. The molecule has 4 rings (SSSR count). The van der Waals surface area contributed by atoms with Gasteiger partial charge in [-0.05, 0) is 82.1 Å². The van der Waals surface area contributed by atoms with Gasteiger partial charge in [0, 0.05) is 43.2 Å². The molecule has 7 atom stereocenters. The number of ether oxygens (including phenoxy) is 1. The molecule has 0 aliphatic carbocycles. The lowest BCUT2D eigenvalue weighted by molar-refractivity contribution is -0.393. The largest absolute Gasteiger partial charge is 0.497 e. The lowest BCUT2D eigenvalue weighted by Gasteiger charge is -2.28. The molecular weight excluding hydrogens is 1010 g/mol. The molecule has 2 aromatic carbocycles. The van der Waals surface area contributed by atoms with Crippen LogP contribution in [0.2, 0.25) is 0 Å². The van der Waals surface area contributed by atoms with Crippen molar-refractivity contribution in [3.63, 3.8) is 0 Å². The number of likely N-dealkylation sites (tertiary alicyclic amines) is 1. The van der Waals surface area contributed by atoms with Crippen molar-refractivity contribution in [3.8, 4) is 5.75 Å². The Hall–Kier alpha value is -8.92. The first-order chi connectivity index (χ1) is 36.3. The number of nitrogens with one attached hydrogen (secondary N) is 7. The number of methoxy groups -OCH3 is 1. The van der Waals surface area contributed by atoms with Crippen LogP contribution in [0.15, 0.2) is 56.7 Å². The molecule has 0 spiro atoms. The summed E-state index contributed by atoms with van der Waals surface area (Å²) in [5.74, 6) is -6.34. The lowest BCUT2D eigenvalue weighted by Crippen LogP contribution is -2.60. The molecule has 0 unspecified atom stereocenters. The van der Waals surface area contributed by atoms with Gasteiger partial charge in [0.1, 0.15) is 59.3 Å². The van der Waals surface area contributed by atoms with Crippen molar-refractivity contribution in [1.29, 1.82) is 0 Å². The second kappa shape index (κ2) is 28.1. The summed E-state index contributed by atoms with van der Waals surface area (Å²) < 4.78 is 10.5. The Morgan fingerprint density at radius 1 is 0.792 bits per heavy atom. The van der Waals surface area contributed by atoms with Crippen molar-refractivity contribution in [3.05, 3.63) is 78.7 Å². The van der Waals surface area contributed by atoms with E-state index in [1.165, 1.54) is 44.9 Å². The number of non-ortho nitro benzene ring substituents is 1. The minimum absolute atomic E-state index is 0.0234. The summed E-state index contributed by atoms with van der Waals surface area (Å²) in [5.41, 5.74) is 14.4. The topological polar surface area (TPSA) is 440 Å². The third-order valence-corrected chi connectivity index (χ3v) is 12.3. The fraction of sp³-hybridized carbons (Fsp3) is 0.500. The Morgan fingerprint density at radius 2 is 1.42 bits per heavy atom. The van der Waals surface area contributed by atoms with E-state index in [1.54, 1.807) is 26.0 Å². The van der Waals surface area contributed by atoms with Gasteiger partial charge in [0.2, 0.25) is 47.3 Å². The molecule has 1 aliphatic heterocycles. The second-order valence-corrected chi connectivity index (χ2v) is 18.6. The van der Waals surface area contributed by atoms with Crippen molar-refractivity contribution < 1.29 is 57.4 Å². The number of nitro groups is 2. The number of nitrogens with zero attached hydrogens (tertiary/aromatic N) is 4. The van der Waals surface area contributed by atoms with Gasteiger partial charge in [0.05, 0.1) is 29.4 Å². The highest BCUT2D eigenvalue weighted by atomic mass is 16.6. The second-order valence-electron chi connectivity index (χ2n) is 18.6. The number of carbonyl (C=O) groups is 8. The smallest absolute Gasteiger partial charge is 0.336 e. The van der Waals surface area contributed by atoms with Crippen LogP contribution >= 0.6 is 0 Å². The highest BCUT2D eigenvalue weighted by Crippen LogP contribution is 2.29. The number of fused-ring (bicyclic) bond motifs is 1. The first-order valence-electron chi connectivity index (χ1n) is 24.6. The molecule has 0 bridgehead atoms. The Kier molecular flexibility index (Phi) is 22.1. The maximum absolute atomic E-state index is 13.9. The van der Waals surface area contributed by atoms with Crippen molar-refractivity contribution >= 4 is 81.2 Å². The van der Waals surface area contributed by atoms with Crippen molar-refractivity contribution in [1.82, 2.24) is 36.8 Å². The molecule has 29 nitrogen and oxygen atoms in total. The summed E-state index contributed by atoms with van der Waals surface area (Å²) in [7, 11) is 1.45. The third kappa shape index (κ3) is 17.6. The zero-order valence-corrected chi connectivity index (χ0v) is 43.4. The zero-order chi connectivity index (χ0) is 57.3. The SMILES string of the molecule is CC[C@H](NC(=O)[C@H](C)NC(=O)[C@H](CC(C)C)NC(=O)[C@@H]1CCCN1C(=O)Cc1cc(=O)oc2cc(OC)ccc12)C(=O)N[C@@H](CNc1ccc([N+](=O)[O-])cc1[N+](=O)[O-])C(=O)N[C@@H](C)C(=O)N[C@@H](CCCN=C(N)N)C(N)=O. The number of hydrogen-bond donors (Lipinski definition) is 10. The van der Waals surface area contributed by atoms with Gasteiger partial charge in [-0.3, -0.25) is 63.6 Å². The van der Waals surface area contributed by atoms with E-state index in [1.807, 2.05) is 0 Å². The summed E-state index contributed by atoms with van der Waals surface area (Å²) >= 11 is 0. The van der Waals surface area contributed by atoms with Crippen LogP contribution in [0.3, 0.4) is 0 Å². The molecule has 13 N–H and O–H groups in total. The van der Waals surface area contributed by atoms with E-state index < -0.39 is 123 Å². The molecule has 1 saturated heterocycles. The minimum atomic E-state index is -1.67. The number of aliphatic imine (C=N–C) groups is 1. The predicted molar refractivity (Wildman–Crippen MR) is 277 cm³/mol. The number of benzene rings is 2. The van der Waals surface area contributed by atoms with Gasteiger partial charge in [0.25, 0.3) is 11.4 Å². The van der Waals surface area contributed by atoms with Gasteiger partial charge in [-0.1, -0.05) is 20.8 Å². The summed E-state index contributed by atoms with van der Waals surface area (Å²) in [4.78, 5) is 147. The van der Waals surface area contributed by atoms with Crippen LogP contribution < -0.4 is 64.8 Å². The Balaban J connectivity index is 1.46. The number of carbonyl (C=O) groups excluding carboxylic acids is 8. The Bertz CT molecular complexity index is 2800. The maximum Gasteiger partial charge on any atom is 0.336 e. The van der Waals surface area contributed by atoms with Crippen LogP contribution in [-0.4, -0.2) is 137 Å². The standard InChI is InChI=1S/C48H66N14O15/c1-7-31(44(68)59-35(23-53-32-15-12-28(61(72)73)21-37(32)62(74)75)46(70)55-26(5)43(67)57-33(41(49)65)10-8-16-52-48(50)51)56-42(66)25(4)54-45(69)34(18-24(2)3)58-47(71)36-11-9-17-60(36)39(63)19-27-20-40(64)77-38-22-29(76-6)13-14-30(27)38/h12-15,20-22,24-26,31,33-36,53H,7-11,16-19,23H2,1-6H3,(H2,49,65)(H,54,69)(H,55,70)(H,56,66)(H,57,67)(H,58,71)(H,59,68)(H4,50,51,52)/t25-,26-,31-,33-,34-,35-,36-/m0/s1. The molecule has 0 saturated carbocycles. The molecule has 0 radical (unpaired) electrons. The molecule has 3 aromatic rings. The quantitative estimate of drug-likeness (QED) is 0.0106. The monoisotopic (exact) mass is 1080 g/mol. The molecular formula is C48H66N14O15. The van der Waals surface area contributed by atoms with E-state index in [0.717, 1.165) is 12.1 Å². The van der Waals surface area contributed by atoms with Gasteiger partial charge in [-0.2, -0.15) is 0 Å². The van der Waals surface area contributed by atoms with Gasteiger partial charge >= 0.3 is 5.63 Å². The Morgan fingerprint density at radius 3 is 2.00 bits per heavy atom. The third-order valence-electron chi connectivity index (χ3n) is 12.3. The van der Waals surface area contributed by atoms with Crippen LogP contribution in [0.5, 0.6) is 5.75 Å². The summed E-state index contributed by atoms with van der Waals surface area (Å²) in [6, 6.07) is -0.397. The number of guanidine groups is 1. The molecule has 418 valence electrons. The van der Waals surface area contributed by atoms with Crippen LogP contribution in [0.4, 0.5) is 17.1 Å². The lowest BCUT2D eigenvalue weighted by atomic mass is 10.0. The van der Waals surface area contributed by atoms with Gasteiger partial charge in [0.15, 0.2) is 5.96 Å². The first-order valence-corrected chi connectivity index (χ1v) is 24.6. The summed E-state index contributed by atoms with van der Waals surface area (Å²) in [6.45, 7) is 7.43. The molecule has 8 amide bonds. The predicted octanol–water partition coefficient (Wildman–Crippen LogP) is -0.793. The molecule has 77 heavy (non-hydrogen) atoms. The molecule has 2 heterocycles. The Labute approximate surface area is 440 Å². The van der Waals surface area contributed by atoms with Crippen molar-refractivity contribution in [2.75, 3.05) is 32.1 Å². The zero-order valence-electron chi connectivity index (χ0n) is 43.4. The highest BCUT2D eigenvalue weighted by Gasteiger charge is 2.37. The summed E-state index contributed by atoms with van der Waals surface area (Å²) in [5, 5.41) is 41.4. The first kappa shape index (κ1) is 60.6. The van der Waals surface area contributed by atoms with E-state index in [4.69, 9.17) is 26.4 Å². The van der Waals surface area contributed by atoms with Crippen LogP contribution in [0, 0.1) is 26.1 Å². The van der Waals surface area contributed by atoms with Crippen LogP contribution in [-0.2, 0) is 44.8 Å². The fourth-order valence-corrected chi connectivity index (χ4v) is 8.18. The van der Waals surface area contributed by atoms with E-state index >= 15 is 0 Å². The number of nitro benzene ring substituents is 2. The summed E-state index contributed by atoms with van der Waals surface area (Å²) in [6.07, 6.45) is 0.831. The van der Waals surface area contributed by atoms with E-state index in [9.17, 15) is 63.4 Å². The highest BCUT2D eigenvalue weighted by molar-refractivity contribution is 5.98. The average Bonchev–Trinajstić information content (AvgIpc) is 3.87. The number of amides is 8. The molecule has 1 fully saturated rings. The normalized spacial score (nSPS) is 15.3.